The van der Waals surface area contributed by atoms with Gasteiger partial charge in [0.15, 0.2) is 0 Å². The van der Waals surface area contributed by atoms with E-state index in [9.17, 15) is 0 Å². The molecule has 60 valence electrons. The number of aromatic amines is 1. The highest BCUT2D eigenvalue weighted by Gasteiger charge is 2.03. The lowest BCUT2D eigenvalue weighted by molar-refractivity contribution is 1.43. The van der Waals surface area contributed by atoms with E-state index >= 15 is 0 Å². The van der Waals surface area contributed by atoms with Crippen LogP contribution in [-0.4, -0.2) is 4.98 Å². The second-order valence-corrected chi connectivity index (χ2v) is 2.69. The number of nitrogens with zero attached hydrogens (tertiary/aromatic N) is 2. The van der Waals surface area contributed by atoms with Crippen LogP contribution in [0.4, 0.5) is 0 Å². The van der Waals surface area contributed by atoms with Crippen molar-refractivity contribution in [2.45, 2.75) is 0 Å². The summed E-state index contributed by atoms with van der Waals surface area (Å²) in [6, 6.07) is 9.25. The molecule has 0 radical (unpaired) electrons. The first-order chi connectivity index (χ1) is 6.35. The lowest BCUT2D eigenvalue weighted by atomic mass is 10.1. The zero-order chi connectivity index (χ0) is 9.26. The van der Waals surface area contributed by atoms with Gasteiger partial charge < -0.3 is 4.98 Å². The van der Waals surface area contributed by atoms with E-state index < -0.39 is 0 Å². The molecule has 0 fully saturated rings. The molecule has 1 aromatic carbocycles. The summed E-state index contributed by atoms with van der Waals surface area (Å²) in [5, 5.41) is 18.4. The van der Waals surface area contributed by atoms with Crippen molar-refractivity contribution in [2.24, 2.45) is 0 Å². The van der Waals surface area contributed by atoms with E-state index in [0.29, 0.717) is 11.1 Å². The monoisotopic (exact) mass is 167 g/mol. The van der Waals surface area contributed by atoms with Crippen molar-refractivity contribution < 1.29 is 0 Å². The van der Waals surface area contributed by atoms with Crippen LogP contribution in [0.2, 0.25) is 0 Å². The van der Waals surface area contributed by atoms with Crippen molar-refractivity contribution in [3.05, 3.63) is 35.5 Å². The second-order valence-electron chi connectivity index (χ2n) is 2.69. The van der Waals surface area contributed by atoms with E-state index in [1.165, 1.54) is 0 Å². The number of nitrogens with one attached hydrogen (secondary N) is 1. The van der Waals surface area contributed by atoms with Crippen molar-refractivity contribution in [1.82, 2.24) is 4.98 Å². The van der Waals surface area contributed by atoms with E-state index in [2.05, 4.69) is 4.98 Å². The lowest BCUT2D eigenvalue weighted by Gasteiger charge is -1.94. The fraction of sp³-hybridized carbons (Fsp3) is 0. The van der Waals surface area contributed by atoms with Crippen molar-refractivity contribution in [1.29, 1.82) is 10.5 Å². The Morgan fingerprint density at radius 2 is 1.77 bits per heavy atom. The summed E-state index contributed by atoms with van der Waals surface area (Å²) in [7, 11) is 0. The van der Waals surface area contributed by atoms with Crippen LogP contribution in [0.3, 0.4) is 0 Å². The molecule has 0 amide bonds. The van der Waals surface area contributed by atoms with Crippen LogP contribution in [0, 0.1) is 22.7 Å². The molecule has 0 aliphatic rings. The molecule has 0 atom stereocenters. The first-order valence-corrected chi connectivity index (χ1v) is 3.76. The molecule has 3 nitrogen and oxygen atoms in total. The molecule has 1 N–H and O–H groups in total. The predicted octanol–water partition coefficient (Wildman–Crippen LogP) is 1.91. The van der Waals surface area contributed by atoms with Crippen LogP contribution in [0.1, 0.15) is 11.1 Å². The lowest BCUT2D eigenvalue weighted by Crippen LogP contribution is -1.82. The maximum atomic E-state index is 8.74. The number of H-pyrrole nitrogens is 1. The maximum absolute atomic E-state index is 8.74. The Morgan fingerprint density at radius 1 is 1.08 bits per heavy atom. The van der Waals surface area contributed by atoms with Crippen LogP contribution in [0.15, 0.2) is 24.4 Å². The summed E-state index contributed by atoms with van der Waals surface area (Å²) >= 11 is 0. The predicted molar refractivity (Wildman–Crippen MR) is 47.7 cm³/mol. The van der Waals surface area contributed by atoms with Crippen LogP contribution in [0.25, 0.3) is 10.9 Å². The minimum Gasteiger partial charge on any atom is -0.361 e. The highest BCUT2D eigenvalue weighted by molar-refractivity contribution is 5.82. The standard InChI is InChI=1S/C10H5N3/c11-5-8-3-7-1-2-13-10(7)4-9(8)6-12/h1-4,13H. The summed E-state index contributed by atoms with van der Waals surface area (Å²) in [4.78, 5) is 2.99. The van der Waals surface area contributed by atoms with Gasteiger partial charge in [0.25, 0.3) is 0 Å². The molecular weight excluding hydrogens is 162 g/mol. The van der Waals surface area contributed by atoms with Gasteiger partial charge in [-0.3, -0.25) is 0 Å². The molecule has 1 aromatic heterocycles. The van der Waals surface area contributed by atoms with Gasteiger partial charge in [0.05, 0.1) is 11.1 Å². The highest BCUT2D eigenvalue weighted by Crippen LogP contribution is 2.17. The van der Waals surface area contributed by atoms with Crippen LogP contribution >= 0.6 is 0 Å². The van der Waals surface area contributed by atoms with Crippen molar-refractivity contribution in [3.8, 4) is 12.1 Å². The molecule has 2 aromatic rings. The van der Waals surface area contributed by atoms with Crippen molar-refractivity contribution >= 4 is 10.9 Å². The fourth-order valence-corrected chi connectivity index (χ4v) is 1.29. The molecule has 13 heavy (non-hydrogen) atoms. The molecule has 0 bridgehead atoms. The number of nitriles is 2. The van der Waals surface area contributed by atoms with Gasteiger partial charge in [0.1, 0.15) is 12.1 Å². The molecule has 0 unspecified atom stereocenters. The molecule has 0 saturated carbocycles. The Morgan fingerprint density at radius 3 is 2.46 bits per heavy atom. The van der Waals surface area contributed by atoms with Gasteiger partial charge >= 0.3 is 0 Å². The second kappa shape index (κ2) is 2.66. The first kappa shape index (κ1) is 7.39. The third-order valence-electron chi connectivity index (χ3n) is 1.93. The minimum absolute atomic E-state index is 0.414. The summed E-state index contributed by atoms with van der Waals surface area (Å²) in [5.41, 5.74) is 1.72. The van der Waals surface area contributed by atoms with Crippen LogP contribution in [0.5, 0.6) is 0 Å². The number of hydrogen-bond donors (Lipinski definition) is 1. The summed E-state index contributed by atoms with van der Waals surface area (Å²) < 4.78 is 0. The highest BCUT2D eigenvalue weighted by atomic mass is 14.7. The average Bonchev–Trinajstić information content (AvgIpc) is 2.62. The Labute approximate surface area is 74.8 Å². The van der Waals surface area contributed by atoms with Gasteiger partial charge in [0.2, 0.25) is 0 Å². The summed E-state index contributed by atoms with van der Waals surface area (Å²) in [6.07, 6.45) is 1.78. The normalized spacial score (nSPS) is 9.38. The zero-order valence-corrected chi connectivity index (χ0v) is 6.70. The third kappa shape index (κ3) is 1.04. The zero-order valence-electron chi connectivity index (χ0n) is 6.70. The largest absolute Gasteiger partial charge is 0.361 e. The van der Waals surface area contributed by atoms with Crippen LogP contribution < -0.4 is 0 Å². The Kier molecular flexibility index (Phi) is 1.51. The molecule has 0 aliphatic heterocycles. The quantitative estimate of drug-likeness (QED) is 0.651. The van der Waals surface area contributed by atoms with Gasteiger partial charge in [0, 0.05) is 17.1 Å². The van der Waals surface area contributed by atoms with E-state index in [1.807, 2.05) is 18.2 Å². The van der Waals surface area contributed by atoms with E-state index in [-0.39, 0.29) is 0 Å². The van der Waals surface area contributed by atoms with Gasteiger partial charge in [-0.1, -0.05) is 0 Å². The molecule has 0 aliphatic carbocycles. The Bertz CT molecular complexity index is 489. The van der Waals surface area contributed by atoms with Gasteiger partial charge in [-0.25, -0.2) is 0 Å². The molecule has 0 spiro atoms. The number of benzene rings is 1. The van der Waals surface area contributed by atoms with Crippen molar-refractivity contribution in [2.75, 3.05) is 0 Å². The number of hydrogen-bond acceptors (Lipinski definition) is 2. The number of aromatic nitrogens is 1. The first-order valence-electron chi connectivity index (χ1n) is 3.76. The number of fused-ring (bicyclic) bond motifs is 1. The maximum Gasteiger partial charge on any atom is 0.101 e. The molecule has 3 heteroatoms. The van der Waals surface area contributed by atoms with Crippen LogP contribution in [-0.2, 0) is 0 Å². The third-order valence-corrected chi connectivity index (χ3v) is 1.93. The topological polar surface area (TPSA) is 63.4 Å². The average molecular weight is 167 g/mol. The molecular formula is C10H5N3. The SMILES string of the molecule is N#Cc1cc2cc[nH]c2cc1C#N. The van der Waals surface area contributed by atoms with E-state index in [1.54, 1.807) is 18.3 Å². The summed E-state index contributed by atoms with van der Waals surface area (Å²) in [5.74, 6) is 0. The fourth-order valence-electron chi connectivity index (χ4n) is 1.29. The molecule has 0 saturated heterocycles. The van der Waals surface area contributed by atoms with Gasteiger partial charge in [-0.15, -0.1) is 0 Å². The Balaban J connectivity index is 2.85. The van der Waals surface area contributed by atoms with Gasteiger partial charge in [-0.05, 0) is 18.2 Å². The van der Waals surface area contributed by atoms with Crippen molar-refractivity contribution in [3.63, 3.8) is 0 Å². The molecule has 2 rings (SSSR count). The van der Waals surface area contributed by atoms with E-state index in [4.69, 9.17) is 10.5 Å². The summed E-state index contributed by atoms with van der Waals surface area (Å²) in [6.45, 7) is 0. The number of rotatable bonds is 0. The smallest absolute Gasteiger partial charge is 0.101 e. The van der Waals surface area contributed by atoms with Gasteiger partial charge in [-0.2, -0.15) is 10.5 Å². The Hall–Kier alpha value is -2.26. The minimum atomic E-state index is 0.414. The molecule has 1 heterocycles. The van der Waals surface area contributed by atoms with E-state index in [0.717, 1.165) is 10.9 Å².